The number of carbonyl (C=O) groups is 1. The fourth-order valence-electron chi connectivity index (χ4n) is 2.38. The van der Waals surface area contributed by atoms with Gasteiger partial charge in [0.25, 0.3) is 5.91 Å². The first-order valence-electron chi connectivity index (χ1n) is 6.16. The molecule has 2 unspecified atom stereocenters. The first-order valence-corrected chi connectivity index (χ1v) is 6.16. The summed E-state index contributed by atoms with van der Waals surface area (Å²) in [5.74, 6) is -1.31. The van der Waals surface area contributed by atoms with Crippen molar-refractivity contribution in [2.24, 2.45) is 5.73 Å². The normalized spacial score (nSPS) is 23.7. The standard InChI is InChI=1S/C13H18FN3O/c1-8-7-9(5-6-16-8)17-11-4-2-3-10(14)12(11)13(15)18/h2-4,8-9,16-17H,5-7H2,1H3,(H2,15,18). The Balaban J connectivity index is 2.18. The summed E-state index contributed by atoms with van der Waals surface area (Å²) in [5.41, 5.74) is 5.65. The number of amides is 1. The summed E-state index contributed by atoms with van der Waals surface area (Å²) in [6, 6.07) is 5.17. The highest BCUT2D eigenvalue weighted by Crippen LogP contribution is 2.22. The van der Waals surface area contributed by atoms with E-state index in [-0.39, 0.29) is 11.6 Å². The summed E-state index contributed by atoms with van der Waals surface area (Å²) in [7, 11) is 0. The molecule has 0 bridgehead atoms. The van der Waals surface area contributed by atoms with Crippen LogP contribution in [-0.2, 0) is 0 Å². The quantitative estimate of drug-likeness (QED) is 0.762. The maximum absolute atomic E-state index is 13.6. The minimum Gasteiger partial charge on any atom is -0.381 e. The number of nitrogens with two attached hydrogens (primary N) is 1. The summed E-state index contributed by atoms with van der Waals surface area (Å²) in [4.78, 5) is 11.3. The van der Waals surface area contributed by atoms with Crippen LogP contribution in [0.4, 0.5) is 10.1 Å². The number of piperidine rings is 1. The number of hydrogen-bond acceptors (Lipinski definition) is 3. The van der Waals surface area contributed by atoms with Crippen LogP contribution >= 0.6 is 0 Å². The molecule has 0 radical (unpaired) electrons. The van der Waals surface area contributed by atoms with Gasteiger partial charge in [-0.25, -0.2) is 4.39 Å². The van der Waals surface area contributed by atoms with Gasteiger partial charge in [0.2, 0.25) is 0 Å². The van der Waals surface area contributed by atoms with Crippen molar-refractivity contribution in [2.45, 2.75) is 31.8 Å². The van der Waals surface area contributed by atoms with Gasteiger partial charge in [-0.15, -0.1) is 0 Å². The number of primary amides is 1. The molecule has 2 rings (SSSR count). The highest BCUT2D eigenvalue weighted by atomic mass is 19.1. The maximum Gasteiger partial charge on any atom is 0.253 e. The zero-order valence-electron chi connectivity index (χ0n) is 10.4. The zero-order valence-corrected chi connectivity index (χ0v) is 10.4. The molecule has 1 aliphatic heterocycles. The van der Waals surface area contributed by atoms with E-state index < -0.39 is 11.7 Å². The van der Waals surface area contributed by atoms with E-state index in [1.54, 1.807) is 12.1 Å². The van der Waals surface area contributed by atoms with Crippen LogP contribution in [-0.4, -0.2) is 24.5 Å². The smallest absolute Gasteiger partial charge is 0.253 e. The molecule has 1 heterocycles. The molecule has 1 saturated heterocycles. The van der Waals surface area contributed by atoms with E-state index in [0.717, 1.165) is 19.4 Å². The van der Waals surface area contributed by atoms with Crippen LogP contribution in [0.2, 0.25) is 0 Å². The average Bonchev–Trinajstić information content (AvgIpc) is 2.28. The Bertz CT molecular complexity index is 450. The molecule has 0 spiro atoms. The van der Waals surface area contributed by atoms with E-state index in [0.29, 0.717) is 11.7 Å². The Hall–Kier alpha value is -1.62. The van der Waals surface area contributed by atoms with Gasteiger partial charge in [0.15, 0.2) is 0 Å². The fraction of sp³-hybridized carbons (Fsp3) is 0.462. The number of hydrogen-bond donors (Lipinski definition) is 3. The lowest BCUT2D eigenvalue weighted by molar-refractivity contribution is 0.0997. The molecule has 2 atom stereocenters. The van der Waals surface area contributed by atoms with Crippen LogP contribution in [0.5, 0.6) is 0 Å². The molecule has 1 aromatic rings. The molecule has 0 saturated carbocycles. The number of benzene rings is 1. The van der Waals surface area contributed by atoms with Crippen molar-refractivity contribution in [1.82, 2.24) is 5.32 Å². The van der Waals surface area contributed by atoms with Crippen molar-refractivity contribution >= 4 is 11.6 Å². The maximum atomic E-state index is 13.6. The number of halogens is 1. The predicted octanol–water partition coefficient (Wildman–Crippen LogP) is 1.48. The molecular formula is C13H18FN3O. The highest BCUT2D eigenvalue weighted by molar-refractivity contribution is 5.98. The molecule has 0 aromatic heterocycles. The first-order chi connectivity index (χ1) is 8.58. The van der Waals surface area contributed by atoms with Crippen LogP contribution in [0.3, 0.4) is 0 Å². The van der Waals surface area contributed by atoms with Gasteiger partial charge in [0.1, 0.15) is 5.82 Å². The minimum absolute atomic E-state index is 0.0521. The second-order valence-corrected chi connectivity index (χ2v) is 4.75. The van der Waals surface area contributed by atoms with E-state index >= 15 is 0 Å². The van der Waals surface area contributed by atoms with E-state index in [9.17, 15) is 9.18 Å². The highest BCUT2D eigenvalue weighted by Gasteiger charge is 2.21. The topological polar surface area (TPSA) is 67.1 Å². The second kappa shape index (κ2) is 5.35. The summed E-state index contributed by atoms with van der Waals surface area (Å²) < 4.78 is 13.6. The predicted molar refractivity (Wildman–Crippen MR) is 69.0 cm³/mol. The van der Waals surface area contributed by atoms with E-state index in [1.807, 2.05) is 0 Å². The van der Waals surface area contributed by atoms with Crippen LogP contribution in [0, 0.1) is 5.82 Å². The Kier molecular flexibility index (Phi) is 3.81. The van der Waals surface area contributed by atoms with E-state index in [2.05, 4.69) is 17.6 Å². The Morgan fingerprint density at radius 3 is 3.00 bits per heavy atom. The van der Waals surface area contributed by atoms with Gasteiger partial charge < -0.3 is 16.4 Å². The molecule has 1 aromatic carbocycles. The molecule has 4 nitrogen and oxygen atoms in total. The summed E-state index contributed by atoms with van der Waals surface area (Å²) in [6.45, 7) is 3.02. The van der Waals surface area contributed by atoms with Gasteiger partial charge >= 0.3 is 0 Å². The molecule has 4 N–H and O–H groups in total. The fourth-order valence-corrected chi connectivity index (χ4v) is 2.38. The Morgan fingerprint density at radius 1 is 1.56 bits per heavy atom. The van der Waals surface area contributed by atoms with Crippen LogP contribution in [0.25, 0.3) is 0 Å². The first kappa shape index (κ1) is 12.8. The lowest BCUT2D eigenvalue weighted by Crippen LogP contribution is -2.41. The average molecular weight is 251 g/mol. The Morgan fingerprint density at radius 2 is 2.33 bits per heavy atom. The third-order valence-electron chi connectivity index (χ3n) is 3.24. The molecule has 1 aliphatic rings. The second-order valence-electron chi connectivity index (χ2n) is 4.75. The molecule has 98 valence electrons. The zero-order chi connectivity index (χ0) is 13.1. The Labute approximate surface area is 106 Å². The number of anilines is 1. The van der Waals surface area contributed by atoms with Crippen molar-refractivity contribution in [3.63, 3.8) is 0 Å². The molecule has 0 aliphatic carbocycles. The van der Waals surface area contributed by atoms with Crippen molar-refractivity contribution in [3.8, 4) is 0 Å². The van der Waals surface area contributed by atoms with Crippen molar-refractivity contribution < 1.29 is 9.18 Å². The van der Waals surface area contributed by atoms with Gasteiger partial charge in [-0.2, -0.15) is 0 Å². The van der Waals surface area contributed by atoms with Gasteiger partial charge in [0.05, 0.1) is 11.3 Å². The third-order valence-corrected chi connectivity index (χ3v) is 3.24. The molecule has 1 fully saturated rings. The number of rotatable bonds is 3. The monoisotopic (exact) mass is 251 g/mol. The van der Waals surface area contributed by atoms with Gasteiger partial charge in [0, 0.05) is 12.1 Å². The van der Waals surface area contributed by atoms with Gasteiger partial charge in [-0.1, -0.05) is 6.07 Å². The molecule has 5 heteroatoms. The minimum atomic E-state index is -0.738. The van der Waals surface area contributed by atoms with Crippen molar-refractivity contribution in [3.05, 3.63) is 29.6 Å². The van der Waals surface area contributed by atoms with Crippen LogP contribution in [0.1, 0.15) is 30.1 Å². The SMILES string of the molecule is CC1CC(Nc2cccc(F)c2C(N)=O)CCN1. The lowest BCUT2D eigenvalue weighted by Gasteiger charge is -2.29. The molecule has 18 heavy (non-hydrogen) atoms. The molecule has 1 amide bonds. The lowest BCUT2D eigenvalue weighted by atomic mass is 9.99. The van der Waals surface area contributed by atoms with E-state index in [4.69, 9.17) is 5.73 Å². The summed E-state index contributed by atoms with van der Waals surface area (Å²) in [6.07, 6.45) is 1.88. The molecular weight excluding hydrogens is 233 g/mol. The van der Waals surface area contributed by atoms with Crippen LogP contribution in [0.15, 0.2) is 18.2 Å². The summed E-state index contributed by atoms with van der Waals surface area (Å²) >= 11 is 0. The third kappa shape index (κ3) is 2.79. The van der Waals surface area contributed by atoms with Crippen molar-refractivity contribution in [2.75, 3.05) is 11.9 Å². The summed E-state index contributed by atoms with van der Waals surface area (Å²) in [5, 5.41) is 6.56. The van der Waals surface area contributed by atoms with Gasteiger partial charge in [-0.3, -0.25) is 4.79 Å². The number of nitrogens with one attached hydrogen (secondary N) is 2. The largest absolute Gasteiger partial charge is 0.381 e. The van der Waals surface area contributed by atoms with Crippen LogP contribution < -0.4 is 16.4 Å². The van der Waals surface area contributed by atoms with Crippen molar-refractivity contribution in [1.29, 1.82) is 0 Å². The van der Waals surface area contributed by atoms with E-state index in [1.165, 1.54) is 6.07 Å². The van der Waals surface area contributed by atoms with Gasteiger partial charge in [-0.05, 0) is 38.4 Å². The number of carbonyl (C=O) groups excluding carboxylic acids is 1.